The van der Waals surface area contributed by atoms with E-state index in [1.54, 1.807) is 0 Å². The number of fused-ring (bicyclic) bond motifs is 10. The van der Waals surface area contributed by atoms with Crippen molar-refractivity contribution in [3.05, 3.63) is 162 Å². The van der Waals surface area contributed by atoms with Gasteiger partial charge in [-0.3, -0.25) is 0 Å². The van der Waals surface area contributed by atoms with Gasteiger partial charge in [0.15, 0.2) is 0 Å². The molecule has 5 nitrogen and oxygen atoms in total. The van der Waals surface area contributed by atoms with Gasteiger partial charge in [0.2, 0.25) is 5.69 Å². The van der Waals surface area contributed by atoms with Crippen molar-refractivity contribution in [3.63, 3.8) is 0 Å². The van der Waals surface area contributed by atoms with Crippen molar-refractivity contribution in [2.24, 2.45) is 0 Å². The zero-order chi connectivity index (χ0) is 39.8. The van der Waals surface area contributed by atoms with E-state index < -0.39 is 0 Å². The zero-order valence-corrected chi connectivity index (χ0v) is 33.5. The van der Waals surface area contributed by atoms with E-state index in [4.69, 9.17) is 0 Å². The first-order valence-electron chi connectivity index (χ1n) is 20.1. The molecule has 0 spiro atoms. The van der Waals surface area contributed by atoms with E-state index in [9.17, 15) is 11.8 Å². The van der Waals surface area contributed by atoms with E-state index in [-0.39, 0.29) is 17.5 Å². The first-order chi connectivity index (χ1) is 28.0. The molecule has 9 aromatic rings. The van der Waals surface area contributed by atoms with E-state index in [2.05, 4.69) is 200 Å². The summed E-state index contributed by atoms with van der Waals surface area (Å²) >= 11 is 0. The maximum atomic E-state index is 11.8. The van der Waals surface area contributed by atoms with Gasteiger partial charge in [0.1, 0.15) is 6.07 Å². The van der Waals surface area contributed by atoms with Crippen LogP contribution in [0.3, 0.4) is 0 Å². The van der Waals surface area contributed by atoms with Crippen molar-refractivity contribution < 1.29 is 0 Å². The van der Waals surface area contributed by atoms with Gasteiger partial charge in [0.05, 0.1) is 40.2 Å². The van der Waals surface area contributed by atoms with Crippen LogP contribution in [0.1, 0.15) is 58.2 Å². The summed E-state index contributed by atoms with van der Waals surface area (Å²) in [7, 11) is 0. The van der Waals surface area contributed by atoms with E-state index in [0.717, 1.165) is 71.8 Å². The van der Waals surface area contributed by atoms with Crippen LogP contribution < -0.4 is 21.3 Å². The molecule has 0 fully saturated rings. The second-order valence-corrected chi connectivity index (χ2v) is 18.0. The first-order valence-corrected chi connectivity index (χ1v) is 20.1. The number of benzene rings is 7. The maximum Gasteiger partial charge on any atom is 0.250 e. The van der Waals surface area contributed by atoms with E-state index in [0.29, 0.717) is 16.9 Å². The fourth-order valence-corrected chi connectivity index (χ4v) is 10.0. The third-order valence-corrected chi connectivity index (χ3v) is 12.7. The lowest BCUT2D eigenvalue weighted by Gasteiger charge is -2.38. The zero-order valence-electron chi connectivity index (χ0n) is 33.5. The van der Waals surface area contributed by atoms with Crippen LogP contribution in [0, 0.1) is 17.9 Å². The molecule has 0 amide bonds. The Hall–Kier alpha value is -7.02. The smallest absolute Gasteiger partial charge is 0.250 e. The summed E-state index contributed by atoms with van der Waals surface area (Å²) in [6.07, 6.45) is 0. The maximum absolute atomic E-state index is 11.8. The van der Waals surface area contributed by atoms with Crippen molar-refractivity contribution in [2.45, 2.75) is 52.4 Å². The molecule has 0 saturated carbocycles. The van der Waals surface area contributed by atoms with Crippen LogP contribution in [0.25, 0.3) is 59.8 Å². The molecule has 0 radical (unpaired) electrons. The number of nitrogens with zero attached hydrogens (tertiary/aromatic N) is 5. The molecule has 2 aromatic heterocycles. The first kappa shape index (κ1) is 34.3. The molecule has 0 bridgehead atoms. The second kappa shape index (κ2) is 11.8. The van der Waals surface area contributed by atoms with Crippen LogP contribution in [0.4, 0.5) is 22.7 Å². The SMILES string of the molecule is [C-]#[N+]c1c(N(c2ccc(C(C)(C)C)cc2)c2ccc(C(C)(C)C)cc2)c(C#N)c2c3c1-n1c4ccccc4c4cccc(c41)B3c1cccc3c4ccccc4n-2c13. The molecule has 2 aliphatic heterocycles. The lowest BCUT2D eigenvalue weighted by Crippen LogP contribution is -2.59. The second-order valence-electron chi connectivity index (χ2n) is 18.0. The number of para-hydroxylation sites is 4. The highest BCUT2D eigenvalue weighted by atomic mass is 15.2. The van der Waals surface area contributed by atoms with Crippen LogP contribution in [0.2, 0.25) is 0 Å². The van der Waals surface area contributed by atoms with Crippen molar-refractivity contribution in [1.29, 1.82) is 5.26 Å². The topological polar surface area (TPSA) is 41.2 Å². The number of rotatable bonds is 3. The summed E-state index contributed by atoms with van der Waals surface area (Å²) in [6, 6.07) is 50.5. The van der Waals surface area contributed by atoms with Gasteiger partial charge in [-0.15, -0.1) is 0 Å². The molecule has 58 heavy (non-hydrogen) atoms. The molecule has 0 saturated heterocycles. The highest BCUT2D eigenvalue weighted by Gasteiger charge is 2.45. The summed E-state index contributed by atoms with van der Waals surface area (Å²) < 4.78 is 4.68. The van der Waals surface area contributed by atoms with Gasteiger partial charge >= 0.3 is 0 Å². The highest BCUT2D eigenvalue weighted by molar-refractivity contribution is 7.00. The van der Waals surface area contributed by atoms with Gasteiger partial charge in [0, 0.05) is 44.0 Å². The molecule has 6 heteroatoms. The molecule has 11 rings (SSSR count). The number of aromatic nitrogens is 2. The Morgan fingerprint density at radius 3 is 1.47 bits per heavy atom. The van der Waals surface area contributed by atoms with Crippen LogP contribution >= 0.6 is 0 Å². The minimum absolute atomic E-state index is 0.0509. The van der Waals surface area contributed by atoms with Crippen molar-refractivity contribution in [2.75, 3.05) is 4.90 Å². The Kier molecular flexibility index (Phi) is 6.95. The third-order valence-electron chi connectivity index (χ3n) is 12.7. The average molecular weight is 746 g/mol. The van der Waals surface area contributed by atoms with Crippen molar-refractivity contribution in [3.8, 4) is 17.4 Å². The fourth-order valence-electron chi connectivity index (χ4n) is 10.0. The Morgan fingerprint density at radius 1 is 0.569 bits per heavy atom. The largest absolute Gasteiger partial charge is 0.320 e. The third kappa shape index (κ3) is 4.46. The molecule has 0 aliphatic carbocycles. The Bertz CT molecular complexity index is 3100. The number of hydrogen-bond acceptors (Lipinski definition) is 2. The molecule has 4 heterocycles. The Balaban J connectivity index is 1.37. The lowest BCUT2D eigenvalue weighted by molar-refractivity contribution is 0.590. The van der Waals surface area contributed by atoms with Crippen molar-refractivity contribution in [1.82, 2.24) is 9.13 Å². The minimum Gasteiger partial charge on any atom is -0.320 e. The average Bonchev–Trinajstić information content (AvgIpc) is 3.75. The van der Waals surface area contributed by atoms with Crippen LogP contribution in [0.5, 0.6) is 0 Å². The van der Waals surface area contributed by atoms with Gasteiger partial charge in [-0.25, -0.2) is 4.85 Å². The molecular weight excluding hydrogens is 705 g/mol. The monoisotopic (exact) mass is 745 g/mol. The van der Waals surface area contributed by atoms with Crippen LogP contribution in [-0.4, -0.2) is 15.8 Å². The normalized spacial score (nSPS) is 12.9. The Labute approximate surface area is 338 Å². The van der Waals surface area contributed by atoms with E-state index >= 15 is 0 Å². The highest BCUT2D eigenvalue weighted by Crippen LogP contribution is 2.51. The summed E-state index contributed by atoms with van der Waals surface area (Å²) in [6.45, 7) is 22.4. The summed E-state index contributed by atoms with van der Waals surface area (Å²) in [5.41, 5.74) is 15.0. The van der Waals surface area contributed by atoms with Gasteiger partial charge in [0.25, 0.3) is 6.71 Å². The molecule has 0 N–H and O–H groups in total. The van der Waals surface area contributed by atoms with Gasteiger partial charge in [-0.2, -0.15) is 5.26 Å². The van der Waals surface area contributed by atoms with E-state index in [1.165, 1.54) is 22.1 Å². The van der Waals surface area contributed by atoms with Gasteiger partial charge in [-0.05, 0) is 74.7 Å². The predicted octanol–water partition coefficient (Wildman–Crippen LogP) is 11.5. The summed E-state index contributed by atoms with van der Waals surface area (Å²) in [4.78, 5) is 6.71. The van der Waals surface area contributed by atoms with Crippen LogP contribution in [0.15, 0.2) is 133 Å². The molecular formula is C52H40BN5. The van der Waals surface area contributed by atoms with Crippen LogP contribution in [-0.2, 0) is 10.8 Å². The summed E-state index contributed by atoms with van der Waals surface area (Å²) in [5.74, 6) is 0. The minimum atomic E-state index is -0.196. The van der Waals surface area contributed by atoms with E-state index in [1.807, 2.05) is 0 Å². The summed E-state index contributed by atoms with van der Waals surface area (Å²) in [5, 5.41) is 16.4. The van der Waals surface area contributed by atoms with Gasteiger partial charge in [-0.1, -0.05) is 139 Å². The number of hydrogen-bond donors (Lipinski definition) is 0. The standard InChI is InChI=1S/C52H40BN5/c1-51(2,3)31-22-26-33(27-23-31)56(34-28-24-32(25-29-34)52(4,5)6)49-39(30-54)48-44-50(45(49)55-7)58-43-21-11-9-15-36(43)38-17-13-19-41(47(38)58)53(44)40-18-12-16-37-35-14-8-10-20-42(35)57(48)46(37)40/h8-29H,1-6H3. The molecule has 0 unspecified atom stereocenters. The molecule has 0 atom stereocenters. The molecule has 2 aliphatic rings. The molecule has 7 aromatic carbocycles. The fraction of sp³-hybridized carbons (Fsp3) is 0.154. The lowest BCUT2D eigenvalue weighted by atomic mass is 9.34. The predicted molar refractivity (Wildman–Crippen MR) is 243 cm³/mol. The molecule has 276 valence electrons. The number of nitriles is 1. The Morgan fingerprint density at radius 2 is 1.02 bits per heavy atom. The number of anilines is 3. The van der Waals surface area contributed by atoms with Crippen molar-refractivity contribution >= 4 is 89.5 Å². The van der Waals surface area contributed by atoms with Gasteiger partial charge < -0.3 is 14.0 Å². The quantitative estimate of drug-likeness (QED) is 0.133.